The van der Waals surface area contributed by atoms with Gasteiger partial charge in [-0.2, -0.15) is 0 Å². The minimum atomic E-state index is 0.0772. The van der Waals surface area contributed by atoms with E-state index in [1.165, 1.54) is 5.56 Å². The lowest BCUT2D eigenvalue weighted by Gasteiger charge is -2.38. The number of methoxy groups -OCH3 is 1. The van der Waals surface area contributed by atoms with Gasteiger partial charge in [0, 0.05) is 44.7 Å². The molecule has 3 rings (SSSR count). The molecule has 1 aromatic carbocycles. The molecular weight excluding hydrogens is 352 g/mol. The zero-order valence-electron chi connectivity index (χ0n) is 16.9. The number of likely N-dealkylation sites (tertiary alicyclic amines) is 1. The van der Waals surface area contributed by atoms with Crippen molar-refractivity contribution in [3.8, 4) is 5.75 Å². The van der Waals surface area contributed by atoms with Crippen LogP contribution in [0.1, 0.15) is 42.5 Å². The summed E-state index contributed by atoms with van der Waals surface area (Å²) in [6, 6.07) is 12.0. The van der Waals surface area contributed by atoms with E-state index in [4.69, 9.17) is 4.74 Å². The van der Waals surface area contributed by atoms with Crippen LogP contribution in [-0.2, 0) is 16.0 Å². The second kappa shape index (κ2) is 9.00. The van der Waals surface area contributed by atoms with Crippen LogP contribution in [0.15, 0.2) is 42.6 Å². The average molecular weight is 380 g/mol. The van der Waals surface area contributed by atoms with Gasteiger partial charge in [-0.15, -0.1) is 0 Å². The summed E-state index contributed by atoms with van der Waals surface area (Å²) in [4.78, 5) is 30.8. The van der Waals surface area contributed by atoms with Gasteiger partial charge in [0.15, 0.2) is 0 Å². The van der Waals surface area contributed by atoms with Gasteiger partial charge in [-0.25, -0.2) is 0 Å². The lowest BCUT2D eigenvalue weighted by Crippen LogP contribution is -2.42. The fraction of sp³-hybridized carbons (Fsp3) is 0.435. The number of Topliss-reactive ketones (excluding diaryl/α,β-unsaturated/α-hetero) is 1. The first kappa shape index (κ1) is 20.1. The quantitative estimate of drug-likeness (QED) is 0.769. The number of pyridine rings is 1. The number of ketones is 1. The molecule has 1 unspecified atom stereocenters. The molecule has 0 radical (unpaired) electrons. The third kappa shape index (κ3) is 4.97. The minimum absolute atomic E-state index is 0.0772. The van der Waals surface area contributed by atoms with Crippen molar-refractivity contribution in [2.24, 2.45) is 5.92 Å². The molecule has 0 bridgehead atoms. The number of piperidine rings is 1. The predicted molar refractivity (Wildman–Crippen MR) is 108 cm³/mol. The van der Waals surface area contributed by atoms with Gasteiger partial charge < -0.3 is 9.64 Å². The maximum atomic E-state index is 12.8. The van der Waals surface area contributed by atoms with Gasteiger partial charge >= 0.3 is 0 Å². The Hall–Kier alpha value is -2.69. The Morgan fingerprint density at radius 1 is 1.18 bits per heavy atom. The molecule has 1 aliphatic rings. The fourth-order valence-electron chi connectivity index (χ4n) is 4.01. The highest BCUT2D eigenvalue weighted by molar-refractivity contribution is 5.81. The lowest BCUT2D eigenvalue weighted by molar-refractivity contribution is -0.132. The highest BCUT2D eigenvalue weighted by Gasteiger charge is 2.32. The van der Waals surface area contributed by atoms with Crippen LogP contribution in [0.4, 0.5) is 0 Å². The predicted octanol–water partition coefficient (Wildman–Crippen LogP) is 3.55. The van der Waals surface area contributed by atoms with Crippen molar-refractivity contribution in [3.05, 3.63) is 59.4 Å². The Kier molecular flexibility index (Phi) is 6.45. The molecule has 148 valence electrons. The van der Waals surface area contributed by atoms with E-state index in [0.717, 1.165) is 30.0 Å². The smallest absolute Gasteiger partial charge is 0.219 e. The van der Waals surface area contributed by atoms with Crippen molar-refractivity contribution in [1.82, 2.24) is 9.88 Å². The third-order valence-electron chi connectivity index (χ3n) is 5.59. The van der Waals surface area contributed by atoms with E-state index >= 15 is 0 Å². The van der Waals surface area contributed by atoms with Crippen LogP contribution in [0, 0.1) is 12.8 Å². The van der Waals surface area contributed by atoms with Crippen molar-refractivity contribution < 1.29 is 14.3 Å². The molecule has 2 atom stereocenters. The molecule has 0 N–H and O–H groups in total. The molecule has 0 aliphatic carbocycles. The van der Waals surface area contributed by atoms with Gasteiger partial charge in [-0.05, 0) is 54.5 Å². The molecule has 2 heterocycles. The molecule has 28 heavy (non-hydrogen) atoms. The summed E-state index contributed by atoms with van der Waals surface area (Å²) in [5.74, 6) is 1.48. The molecule has 0 saturated carbocycles. The molecule has 0 spiro atoms. The Morgan fingerprint density at radius 3 is 2.54 bits per heavy atom. The van der Waals surface area contributed by atoms with Crippen LogP contribution in [-0.4, -0.2) is 41.8 Å². The topological polar surface area (TPSA) is 59.5 Å². The van der Waals surface area contributed by atoms with E-state index in [2.05, 4.69) is 17.1 Å². The summed E-state index contributed by atoms with van der Waals surface area (Å²) in [5.41, 5.74) is 3.09. The molecule has 2 aromatic rings. The molecule has 5 heteroatoms. The van der Waals surface area contributed by atoms with Crippen LogP contribution in [0.2, 0.25) is 0 Å². The normalized spacial score (nSPS) is 19.3. The maximum absolute atomic E-state index is 12.8. The zero-order valence-corrected chi connectivity index (χ0v) is 16.9. The second-order valence-corrected chi connectivity index (χ2v) is 7.62. The number of ether oxygens (including phenoxy) is 1. The molecule has 5 nitrogen and oxygen atoms in total. The van der Waals surface area contributed by atoms with E-state index in [0.29, 0.717) is 19.4 Å². The molecule has 1 aliphatic heterocycles. The summed E-state index contributed by atoms with van der Waals surface area (Å²) in [5, 5.41) is 0. The standard InChI is InChI=1S/C23H28N2O3/c1-16-4-5-18(14-24-16)12-21(27)13-20-15-25(17(2)26)11-10-23(20)19-6-8-22(28-3)9-7-19/h4-9,14,20,23H,10-13,15H2,1-3H3/t20-,23?/m1/s1. The molecular formula is C23H28N2O3. The number of aromatic nitrogens is 1. The first-order chi connectivity index (χ1) is 13.5. The Bertz CT molecular complexity index is 815. The van der Waals surface area contributed by atoms with Crippen molar-refractivity contribution >= 4 is 11.7 Å². The second-order valence-electron chi connectivity index (χ2n) is 7.62. The number of carbonyl (C=O) groups is 2. The van der Waals surface area contributed by atoms with Crippen molar-refractivity contribution in [2.45, 2.75) is 39.0 Å². The van der Waals surface area contributed by atoms with Crippen molar-refractivity contribution in [3.63, 3.8) is 0 Å². The van der Waals surface area contributed by atoms with Gasteiger partial charge in [0.05, 0.1) is 7.11 Å². The number of carbonyl (C=O) groups excluding carboxylic acids is 2. The summed E-state index contributed by atoms with van der Waals surface area (Å²) in [7, 11) is 1.65. The highest BCUT2D eigenvalue weighted by atomic mass is 16.5. The van der Waals surface area contributed by atoms with Crippen LogP contribution in [0.5, 0.6) is 5.75 Å². The third-order valence-corrected chi connectivity index (χ3v) is 5.59. The average Bonchev–Trinajstić information content (AvgIpc) is 2.69. The molecule has 1 saturated heterocycles. The highest BCUT2D eigenvalue weighted by Crippen LogP contribution is 2.36. The SMILES string of the molecule is COc1ccc(C2CCN(C(C)=O)C[C@H]2CC(=O)Cc2ccc(C)nc2)cc1. The van der Waals surface area contributed by atoms with Crippen molar-refractivity contribution in [1.29, 1.82) is 0 Å². The number of hydrogen-bond donors (Lipinski definition) is 0. The lowest BCUT2D eigenvalue weighted by atomic mass is 9.77. The molecule has 1 fully saturated rings. The minimum Gasteiger partial charge on any atom is -0.497 e. The van der Waals surface area contributed by atoms with E-state index in [9.17, 15) is 9.59 Å². The van der Waals surface area contributed by atoms with E-state index < -0.39 is 0 Å². The van der Waals surface area contributed by atoms with Gasteiger partial charge in [-0.1, -0.05) is 18.2 Å². The van der Waals surface area contributed by atoms with Gasteiger partial charge in [0.1, 0.15) is 11.5 Å². The molecule has 1 aromatic heterocycles. The monoisotopic (exact) mass is 380 g/mol. The van der Waals surface area contributed by atoms with Crippen LogP contribution >= 0.6 is 0 Å². The first-order valence-electron chi connectivity index (χ1n) is 9.79. The van der Waals surface area contributed by atoms with Gasteiger partial charge in [0.2, 0.25) is 5.91 Å². The maximum Gasteiger partial charge on any atom is 0.219 e. The fourth-order valence-corrected chi connectivity index (χ4v) is 4.01. The van der Waals surface area contributed by atoms with Crippen LogP contribution in [0.25, 0.3) is 0 Å². The zero-order chi connectivity index (χ0) is 20.1. The van der Waals surface area contributed by atoms with E-state index in [1.54, 1.807) is 20.2 Å². The van der Waals surface area contributed by atoms with Crippen LogP contribution < -0.4 is 4.74 Å². The number of aryl methyl sites for hydroxylation is 1. The van der Waals surface area contributed by atoms with E-state index in [-0.39, 0.29) is 23.5 Å². The van der Waals surface area contributed by atoms with Gasteiger partial charge in [-0.3, -0.25) is 14.6 Å². The first-order valence-corrected chi connectivity index (χ1v) is 9.79. The number of hydrogen-bond acceptors (Lipinski definition) is 4. The summed E-state index contributed by atoms with van der Waals surface area (Å²) >= 11 is 0. The Morgan fingerprint density at radius 2 is 1.93 bits per heavy atom. The summed E-state index contributed by atoms with van der Waals surface area (Å²) < 4.78 is 5.26. The number of benzene rings is 1. The molecule has 1 amide bonds. The van der Waals surface area contributed by atoms with Crippen molar-refractivity contribution in [2.75, 3.05) is 20.2 Å². The van der Waals surface area contributed by atoms with Crippen LogP contribution in [0.3, 0.4) is 0 Å². The van der Waals surface area contributed by atoms with Gasteiger partial charge in [0.25, 0.3) is 0 Å². The number of nitrogens with zero attached hydrogens (tertiary/aromatic N) is 2. The summed E-state index contributed by atoms with van der Waals surface area (Å²) in [6.07, 6.45) is 3.50. The largest absolute Gasteiger partial charge is 0.497 e. The van der Waals surface area contributed by atoms with E-state index in [1.807, 2.05) is 36.1 Å². The Balaban J connectivity index is 1.73. The number of amides is 1. The Labute approximate surface area is 166 Å². The summed E-state index contributed by atoms with van der Waals surface area (Å²) in [6.45, 7) is 4.90. The number of rotatable bonds is 6.